The van der Waals surface area contributed by atoms with Crippen LogP contribution in [0.5, 0.6) is 5.75 Å². The highest BCUT2D eigenvalue weighted by molar-refractivity contribution is 5.25. The average Bonchev–Trinajstić information content (AvgIpc) is 2.57. The van der Waals surface area contributed by atoms with Crippen LogP contribution in [0.3, 0.4) is 0 Å². The third-order valence-corrected chi connectivity index (χ3v) is 2.95. The average molecular weight is 323 g/mol. The van der Waals surface area contributed by atoms with E-state index in [-0.39, 0.29) is 5.82 Å². The summed E-state index contributed by atoms with van der Waals surface area (Å²) in [5.74, 6) is 0.372. The molecule has 7 heteroatoms. The van der Waals surface area contributed by atoms with E-state index in [1.807, 2.05) is 29.7 Å². The van der Waals surface area contributed by atoms with Gasteiger partial charge in [-0.3, -0.25) is 0 Å². The predicted octanol–water partition coefficient (Wildman–Crippen LogP) is 1.98. The van der Waals surface area contributed by atoms with Crippen LogP contribution in [-0.2, 0) is 6.42 Å². The second kappa shape index (κ2) is 10.7. The summed E-state index contributed by atoms with van der Waals surface area (Å²) in [6.45, 7) is 0.509. The quantitative estimate of drug-likeness (QED) is 0.412. The van der Waals surface area contributed by atoms with Crippen molar-refractivity contribution in [1.82, 2.24) is 11.0 Å². The molecule has 2 aromatic carbocycles. The highest BCUT2D eigenvalue weighted by atomic mass is 19.1. The molecule has 2 aromatic rings. The lowest BCUT2D eigenvalue weighted by atomic mass is 10.1. The largest absolute Gasteiger partial charge is 0.493 e. The number of ether oxygens (including phenoxy) is 1. The molecule has 126 valence electrons. The molecule has 0 aliphatic carbocycles. The van der Waals surface area contributed by atoms with Crippen molar-refractivity contribution in [3.8, 4) is 5.75 Å². The van der Waals surface area contributed by atoms with Gasteiger partial charge >= 0.3 is 0 Å². The summed E-state index contributed by atoms with van der Waals surface area (Å²) < 4.78 is 18.2. The van der Waals surface area contributed by atoms with E-state index in [2.05, 4.69) is 0 Å². The van der Waals surface area contributed by atoms with Gasteiger partial charge in [0.25, 0.3) is 0 Å². The molecular formula is C16H22FN3O3. The number of hydrogen-bond acceptors (Lipinski definition) is 6. The first kappa shape index (κ1) is 19.0. The van der Waals surface area contributed by atoms with Crippen molar-refractivity contribution in [1.29, 1.82) is 0 Å². The van der Waals surface area contributed by atoms with Gasteiger partial charge in [-0.05, 0) is 35.4 Å². The first-order valence-electron chi connectivity index (χ1n) is 7.04. The van der Waals surface area contributed by atoms with Crippen LogP contribution >= 0.6 is 0 Å². The van der Waals surface area contributed by atoms with Crippen molar-refractivity contribution in [3.63, 3.8) is 0 Å². The molecule has 1 unspecified atom stereocenters. The van der Waals surface area contributed by atoms with Crippen molar-refractivity contribution in [2.24, 2.45) is 5.73 Å². The van der Waals surface area contributed by atoms with Crippen LogP contribution in [0.25, 0.3) is 0 Å². The highest BCUT2D eigenvalue weighted by Gasteiger charge is 2.03. The van der Waals surface area contributed by atoms with Crippen LogP contribution in [0.2, 0.25) is 0 Å². The zero-order valence-electron chi connectivity index (χ0n) is 12.9. The molecule has 0 saturated carbocycles. The fraction of sp³-hybridized carbons (Fsp3) is 0.250. The van der Waals surface area contributed by atoms with Gasteiger partial charge in [-0.15, -0.1) is 0 Å². The Morgan fingerprint density at radius 3 is 2.17 bits per heavy atom. The molecule has 0 spiro atoms. The third kappa shape index (κ3) is 7.18. The van der Waals surface area contributed by atoms with Crippen molar-refractivity contribution >= 4 is 0 Å². The summed E-state index contributed by atoms with van der Waals surface area (Å²) in [6, 6.07) is 13.5. The van der Waals surface area contributed by atoms with Gasteiger partial charge in [-0.2, -0.15) is 5.48 Å². The Hall–Kier alpha value is -2.03. The lowest BCUT2D eigenvalue weighted by Crippen LogP contribution is -2.25. The monoisotopic (exact) mass is 323 g/mol. The first-order chi connectivity index (χ1) is 11.1. The molecule has 1 atom stereocenters. The van der Waals surface area contributed by atoms with E-state index in [0.717, 1.165) is 17.5 Å². The molecule has 2 rings (SSSR count). The van der Waals surface area contributed by atoms with Gasteiger partial charge in [-0.25, -0.2) is 9.87 Å². The number of halogens is 1. The summed E-state index contributed by atoms with van der Waals surface area (Å²) in [5, 5.41) is 16.0. The number of benzene rings is 2. The summed E-state index contributed by atoms with van der Waals surface area (Å²) in [6.07, 6.45) is 0.152. The number of rotatable bonds is 6. The summed E-state index contributed by atoms with van der Waals surface area (Å²) in [5.41, 5.74) is 11.3. The molecule has 6 N–H and O–H groups in total. The van der Waals surface area contributed by atoms with Crippen molar-refractivity contribution in [2.45, 2.75) is 12.6 Å². The van der Waals surface area contributed by atoms with Crippen molar-refractivity contribution < 1.29 is 19.5 Å². The zero-order chi connectivity index (χ0) is 17.1. The third-order valence-electron chi connectivity index (χ3n) is 2.95. The van der Waals surface area contributed by atoms with Gasteiger partial charge < -0.3 is 20.9 Å². The van der Waals surface area contributed by atoms with E-state index < -0.39 is 6.17 Å². The molecule has 0 bridgehead atoms. The van der Waals surface area contributed by atoms with Gasteiger partial charge in [0.05, 0.1) is 6.61 Å². The minimum Gasteiger partial charge on any atom is -0.493 e. The van der Waals surface area contributed by atoms with Crippen LogP contribution in [0.4, 0.5) is 4.39 Å². The Morgan fingerprint density at radius 2 is 1.65 bits per heavy atom. The molecule has 0 fully saturated rings. The number of nitrogens with one attached hydrogen (secondary N) is 2. The zero-order valence-corrected chi connectivity index (χ0v) is 12.9. The molecule has 0 aliphatic rings. The topological polar surface area (TPSA) is 99.8 Å². The maximum Gasteiger partial charge on any atom is 0.123 e. The van der Waals surface area contributed by atoms with E-state index in [1.165, 1.54) is 19.2 Å². The normalized spacial score (nSPS) is 11.3. The molecule has 0 radical (unpaired) electrons. The van der Waals surface area contributed by atoms with Crippen molar-refractivity contribution in [2.75, 3.05) is 13.7 Å². The van der Waals surface area contributed by atoms with Gasteiger partial charge in [0.2, 0.25) is 0 Å². The van der Waals surface area contributed by atoms with E-state index in [4.69, 9.17) is 20.9 Å². The lowest BCUT2D eigenvalue weighted by molar-refractivity contribution is 0.128. The van der Waals surface area contributed by atoms with Gasteiger partial charge in [0.15, 0.2) is 0 Å². The van der Waals surface area contributed by atoms with Crippen LogP contribution < -0.4 is 21.4 Å². The summed E-state index contributed by atoms with van der Waals surface area (Å²) in [7, 11) is 1.43. The second-order valence-corrected chi connectivity index (χ2v) is 4.62. The predicted molar refractivity (Wildman–Crippen MR) is 84.7 cm³/mol. The smallest absolute Gasteiger partial charge is 0.123 e. The van der Waals surface area contributed by atoms with Crippen LogP contribution in [0, 0.1) is 5.82 Å². The molecular weight excluding hydrogens is 301 g/mol. The van der Waals surface area contributed by atoms with Crippen LogP contribution in [-0.4, -0.2) is 24.1 Å². The first-order valence-corrected chi connectivity index (χ1v) is 7.04. The maximum absolute atomic E-state index is 12.7. The van der Waals surface area contributed by atoms with E-state index in [0.29, 0.717) is 12.4 Å². The van der Waals surface area contributed by atoms with Gasteiger partial charge in [-0.1, -0.05) is 24.3 Å². The molecule has 23 heavy (non-hydrogen) atoms. The summed E-state index contributed by atoms with van der Waals surface area (Å²) in [4.78, 5) is 0. The second-order valence-electron chi connectivity index (χ2n) is 4.62. The SMILES string of the molecule is CNO.NC(NO)c1ccc(CCOc2ccc(F)cc2)cc1. The van der Waals surface area contributed by atoms with Gasteiger partial charge in [0.1, 0.15) is 17.7 Å². The van der Waals surface area contributed by atoms with Gasteiger partial charge in [0, 0.05) is 13.5 Å². The summed E-state index contributed by atoms with van der Waals surface area (Å²) >= 11 is 0. The number of hydroxylamine groups is 2. The molecule has 0 heterocycles. The number of hydrogen-bond donors (Lipinski definition) is 5. The minimum atomic E-state index is -0.584. The molecule has 0 aliphatic heterocycles. The Bertz CT molecular complexity index is 550. The van der Waals surface area contributed by atoms with E-state index in [1.54, 1.807) is 17.6 Å². The molecule has 0 amide bonds. The molecule has 0 aromatic heterocycles. The van der Waals surface area contributed by atoms with Crippen LogP contribution in [0.1, 0.15) is 17.3 Å². The van der Waals surface area contributed by atoms with Crippen LogP contribution in [0.15, 0.2) is 48.5 Å². The lowest BCUT2D eigenvalue weighted by Gasteiger charge is -2.10. The number of nitrogens with two attached hydrogens (primary N) is 1. The van der Waals surface area contributed by atoms with Crippen molar-refractivity contribution in [3.05, 3.63) is 65.5 Å². The standard InChI is InChI=1S/C15H17FN2O2.CH5NO/c16-13-5-7-14(8-6-13)20-10-9-11-1-3-12(4-2-11)15(17)18-19;1-2-3/h1-8,15,18-19H,9-10,17H2;2-3H,1H3. The van der Waals surface area contributed by atoms with E-state index in [9.17, 15) is 4.39 Å². The fourth-order valence-electron chi connectivity index (χ4n) is 1.78. The highest BCUT2D eigenvalue weighted by Crippen LogP contribution is 2.13. The fourth-order valence-corrected chi connectivity index (χ4v) is 1.78. The minimum absolute atomic E-state index is 0.276. The maximum atomic E-state index is 12.7. The Labute approximate surface area is 134 Å². The molecule has 6 nitrogen and oxygen atoms in total. The van der Waals surface area contributed by atoms with E-state index >= 15 is 0 Å². The molecule has 0 saturated heterocycles. The Morgan fingerprint density at radius 1 is 1.09 bits per heavy atom. The Balaban J connectivity index is 0.000000816. The Kier molecular flexibility index (Phi) is 8.81.